The maximum Gasteiger partial charge on any atom is 0.288 e. The van der Waals surface area contributed by atoms with E-state index >= 15 is 0 Å². The molecule has 0 radical (unpaired) electrons. The summed E-state index contributed by atoms with van der Waals surface area (Å²) in [6.07, 6.45) is 2.47. The van der Waals surface area contributed by atoms with Gasteiger partial charge in [0, 0.05) is 17.6 Å². The Labute approximate surface area is 126 Å². The Morgan fingerprint density at radius 1 is 1.23 bits per heavy atom. The predicted molar refractivity (Wildman–Crippen MR) is 80.2 cm³/mol. The molecule has 22 heavy (non-hydrogen) atoms. The van der Waals surface area contributed by atoms with Gasteiger partial charge in [-0.1, -0.05) is 18.2 Å². The molecule has 7 nitrogen and oxygen atoms in total. The van der Waals surface area contributed by atoms with Crippen molar-refractivity contribution in [1.82, 2.24) is 8.96 Å². The van der Waals surface area contributed by atoms with Gasteiger partial charge in [0.15, 0.2) is 5.65 Å². The number of rotatable bonds is 3. The van der Waals surface area contributed by atoms with Crippen molar-refractivity contribution in [3.8, 4) is 0 Å². The van der Waals surface area contributed by atoms with Crippen molar-refractivity contribution in [3.63, 3.8) is 0 Å². The molecule has 0 saturated carbocycles. The maximum atomic E-state index is 12.7. The van der Waals surface area contributed by atoms with E-state index in [4.69, 9.17) is 0 Å². The number of hydrogen-bond donors (Lipinski definition) is 0. The fourth-order valence-corrected chi connectivity index (χ4v) is 3.61. The monoisotopic (exact) mass is 317 g/mol. The zero-order valence-electron chi connectivity index (χ0n) is 11.5. The molecule has 0 amide bonds. The summed E-state index contributed by atoms with van der Waals surface area (Å²) < 4.78 is 26.4. The van der Waals surface area contributed by atoms with Crippen LogP contribution in [0.15, 0.2) is 53.7 Å². The van der Waals surface area contributed by atoms with Crippen LogP contribution < -0.4 is 0 Å². The van der Waals surface area contributed by atoms with E-state index in [2.05, 4.69) is 4.98 Å². The molecular formula is C14H11N3O4S. The Morgan fingerprint density at radius 3 is 2.55 bits per heavy atom. The Balaban J connectivity index is 2.27. The van der Waals surface area contributed by atoms with E-state index in [9.17, 15) is 18.5 Å². The molecule has 3 rings (SSSR count). The first kappa shape index (κ1) is 14.2. The van der Waals surface area contributed by atoms with Crippen LogP contribution in [0.3, 0.4) is 0 Å². The standard InChI is InChI=1S/C14H11N3O4S/c1-10-9-16(22(20,21)12-5-3-2-4-6-12)14-13(10)7-11(8-15-14)17(18)19/h2-9H,1H3. The highest BCUT2D eigenvalue weighted by atomic mass is 32.2. The Bertz CT molecular complexity index is 978. The molecule has 0 aliphatic carbocycles. The Morgan fingerprint density at radius 2 is 1.91 bits per heavy atom. The number of aryl methyl sites for hydroxylation is 1. The van der Waals surface area contributed by atoms with Crippen LogP contribution in [0.2, 0.25) is 0 Å². The lowest BCUT2D eigenvalue weighted by atomic mass is 10.2. The second-order valence-electron chi connectivity index (χ2n) is 4.75. The second-order valence-corrected chi connectivity index (χ2v) is 6.56. The third-order valence-electron chi connectivity index (χ3n) is 3.31. The van der Waals surface area contributed by atoms with Gasteiger partial charge in [-0.15, -0.1) is 0 Å². The lowest BCUT2D eigenvalue weighted by Crippen LogP contribution is -2.12. The highest BCUT2D eigenvalue weighted by molar-refractivity contribution is 7.90. The van der Waals surface area contributed by atoms with Crippen molar-refractivity contribution in [3.05, 3.63) is 64.5 Å². The molecule has 0 unspecified atom stereocenters. The van der Waals surface area contributed by atoms with Gasteiger partial charge in [-0.3, -0.25) is 10.1 Å². The number of fused-ring (bicyclic) bond motifs is 1. The van der Waals surface area contributed by atoms with Crippen molar-refractivity contribution in [2.75, 3.05) is 0 Å². The van der Waals surface area contributed by atoms with Gasteiger partial charge >= 0.3 is 0 Å². The fourth-order valence-electron chi connectivity index (χ4n) is 2.21. The first-order valence-electron chi connectivity index (χ1n) is 6.34. The summed E-state index contributed by atoms with van der Waals surface area (Å²) in [5.74, 6) is 0. The van der Waals surface area contributed by atoms with Crippen LogP contribution in [0.1, 0.15) is 5.56 Å². The molecule has 0 fully saturated rings. The van der Waals surface area contributed by atoms with E-state index in [1.54, 1.807) is 25.1 Å². The quantitative estimate of drug-likeness (QED) is 0.546. The molecule has 0 aliphatic heterocycles. The van der Waals surface area contributed by atoms with Crippen LogP contribution in [0, 0.1) is 17.0 Å². The summed E-state index contributed by atoms with van der Waals surface area (Å²) in [6.45, 7) is 1.69. The van der Waals surface area contributed by atoms with Gasteiger partial charge in [0.25, 0.3) is 15.7 Å². The summed E-state index contributed by atoms with van der Waals surface area (Å²) in [5, 5.41) is 11.3. The highest BCUT2D eigenvalue weighted by Crippen LogP contribution is 2.26. The van der Waals surface area contributed by atoms with Crippen molar-refractivity contribution in [2.45, 2.75) is 11.8 Å². The summed E-state index contributed by atoms with van der Waals surface area (Å²) >= 11 is 0. The average Bonchev–Trinajstić information content (AvgIpc) is 2.85. The smallest absolute Gasteiger partial charge is 0.258 e. The average molecular weight is 317 g/mol. The molecule has 0 atom stereocenters. The van der Waals surface area contributed by atoms with Crippen LogP contribution in [0.4, 0.5) is 5.69 Å². The largest absolute Gasteiger partial charge is 0.288 e. The van der Waals surface area contributed by atoms with Crippen LogP contribution in [-0.4, -0.2) is 22.3 Å². The van der Waals surface area contributed by atoms with Crippen molar-refractivity contribution < 1.29 is 13.3 Å². The highest BCUT2D eigenvalue weighted by Gasteiger charge is 2.22. The van der Waals surface area contributed by atoms with Gasteiger partial charge in [0.05, 0.1) is 9.82 Å². The number of benzene rings is 1. The topological polar surface area (TPSA) is 95.1 Å². The van der Waals surface area contributed by atoms with E-state index in [0.29, 0.717) is 10.9 Å². The summed E-state index contributed by atoms with van der Waals surface area (Å²) in [4.78, 5) is 14.3. The lowest BCUT2D eigenvalue weighted by Gasteiger charge is -2.06. The van der Waals surface area contributed by atoms with E-state index in [0.717, 1.165) is 10.2 Å². The van der Waals surface area contributed by atoms with Gasteiger partial charge in [0.1, 0.15) is 6.20 Å². The molecule has 2 aromatic heterocycles. The molecule has 2 heterocycles. The van der Waals surface area contributed by atoms with E-state index in [1.807, 2.05) is 0 Å². The van der Waals surface area contributed by atoms with E-state index in [-0.39, 0.29) is 16.2 Å². The number of nitro groups is 1. The molecule has 3 aromatic rings. The molecule has 0 bridgehead atoms. The number of aromatic nitrogens is 2. The fraction of sp³-hybridized carbons (Fsp3) is 0.0714. The zero-order valence-corrected chi connectivity index (χ0v) is 12.3. The van der Waals surface area contributed by atoms with Gasteiger partial charge in [-0.05, 0) is 24.6 Å². The number of nitrogens with zero attached hydrogens (tertiary/aromatic N) is 3. The van der Waals surface area contributed by atoms with Gasteiger partial charge in [-0.2, -0.15) is 0 Å². The molecule has 0 spiro atoms. The molecule has 0 aliphatic rings. The van der Waals surface area contributed by atoms with Gasteiger partial charge in [-0.25, -0.2) is 17.4 Å². The summed E-state index contributed by atoms with van der Waals surface area (Å²) in [6, 6.07) is 9.28. The minimum absolute atomic E-state index is 0.132. The second kappa shape index (κ2) is 4.92. The lowest BCUT2D eigenvalue weighted by molar-refractivity contribution is -0.385. The van der Waals surface area contributed by atoms with Gasteiger partial charge in [0.2, 0.25) is 0 Å². The SMILES string of the molecule is Cc1cn(S(=O)(=O)c2ccccc2)c2ncc([N+](=O)[O-])cc12. The minimum atomic E-state index is -3.79. The van der Waals surface area contributed by atoms with Gasteiger partial charge < -0.3 is 0 Å². The summed E-state index contributed by atoms with van der Waals surface area (Å²) in [5.41, 5.74) is 0.600. The van der Waals surface area contributed by atoms with E-state index < -0.39 is 14.9 Å². The summed E-state index contributed by atoms with van der Waals surface area (Å²) in [7, 11) is -3.79. The zero-order chi connectivity index (χ0) is 15.9. The molecule has 0 saturated heterocycles. The number of hydrogen-bond acceptors (Lipinski definition) is 5. The van der Waals surface area contributed by atoms with Crippen LogP contribution in [-0.2, 0) is 10.0 Å². The Kier molecular flexibility index (Phi) is 3.18. The minimum Gasteiger partial charge on any atom is -0.258 e. The third-order valence-corrected chi connectivity index (χ3v) is 4.97. The van der Waals surface area contributed by atoms with Crippen molar-refractivity contribution in [1.29, 1.82) is 0 Å². The van der Waals surface area contributed by atoms with Crippen LogP contribution >= 0.6 is 0 Å². The first-order valence-corrected chi connectivity index (χ1v) is 7.78. The van der Waals surface area contributed by atoms with Crippen LogP contribution in [0.25, 0.3) is 11.0 Å². The Hall–Kier alpha value is -2.74. The van der Waals surface area contributed by atoms with Crippen molar-refractivity contribution >= 4 is 26.7 Å². The van der Waals surface area contributed by atoms with Crippen molar-refractivity contribution in [2.24, 2.45) is 0 Å². The molecule has 1 aromatic carbocycles. The third kappa shape index (κ3) is 2.13. The predicted octanol–water partition coefficient (Wildman–Crippen LogP) is 2.49. The maximum absolute atomic E-state index is 12.7. The van der Waals surface area contributed by atoms with Crippen LogP contribution in [0.5, 0.6) is 0 Å². The molecule has 0 N–H and O–H groups in total. The molecule has 112 valence electrons. The normalized spacial score (nSPS) is 11.7. The van der Waals surface area contributed by atoms with E-state index in [1.165, 1.54) is 24.4 Å². The molecular weight excluding hydrogens is 306 g/mol. The first-order chi connectivity index (χ1) is 10.4. The molecule has 8 heteroatoms. The number of pyridine rings is 1.